The van der Waals surface area contributed by atoms with Gasteiger partial charge in [0.15, 0.2) is 15.5 Å². The van der Waals surface area contributed by atoms with Gasteiger partial charge in [0.2, 0.25) is 5.91 Å². The molecule has 0 bridgehead atoms. The molecule has 1 aliphatic heterocycles. The lowest BCUT2D eigenvalue weighted by Gasteiger charge is -2.23. The number of nitrogens with zero attached hydrogens (tertiary/aromatic N) is 5. The third-order valence-electron chi connectivity index (χ3n) is 5.80. The maximum Gasteiger partial charge on any atom is 0.281 e. The van der Waals surface area contributed by atoms with E-state index in [0.29, 0.717) is 35.0 Å². The summed E-state index contributed by atoms with van der Waals surface area (Å²) in [4.78, 5) is 40.2. The Morgan fingerprint density at radius 1 is 1.25 bits per heavy atom. The van der Waals surface area contributed by atoms with Crippen molar-refractivity contribution in [1.29, 1.82) is 0 Å². The number of carbonyl (C=O) groups excluding carboxylic acids is 1. The molecular weight excluding hydrogens is 424 g/mol. The Bertz CT molecular complexity index is 1140. The maximum absolute atomic E-state index is 13.1. The lowest BCUT2D eigenvalue weighted by Crippen LogP contribution is -2.43. The minimum Gasteiger partial charge on any atom is -0.350 e. The van der Waals surface area contributed by atoms with Gasteiger partial charge in [-0.25, -0.2) is 9.97 Å². The van der Waals surface area contributed by atoms with Gasteiger partial charge in [0.1, 0.15) is 11.9 Å². The molecule has 1 saturated heterocycles. The summed E-state index contributed by atoms with van der Waals surface area (Å²) in [5, 5.41) is 3.75. The first kappa shape index (κ1) is 22.4. The Morgan fingerprint density at radius 2 is 2.03 bits per heavy atom. The normalized spacial score (nSPS) is 16.2. The zero-order chi connectivity index (χ0) is 22.7. The quantitative estimate of drug-likeness (QED) is 0.562. The molecule has 1 aromatic carbocycles. The summed E-state index contributed by atoms with van der Waals surface area (Å²) in [6, 6.07) is 9.61. The second-order valence-electron chi connectivity index (χ2n) is 8.34. The van der Waals surface area contributed by atoms with E-state index in [-0.39, 0.29) is 17.5 Å². The maximum atomic E-state index is 13.1. The number of anilines is 1. The largest absolute Gasteiger partial charge is 0.350 e. The van der Waals surface area contributed by atoms with E-state index in [4.69, 9.17) is 4.98 Å². The molecule has 1 fully saturated rings. The molecule has 2 aromatic heterocycles. The SMILES string of the molecule is CCn1c(CCN(C)C)nc2sc(N3CCC[C@@H]3C(=O)NCc3ccccc3)nc2c1=O. The standard InChI is InChI=1S/C23H30N6O2S/c1-4-28-18(12-14-27(2)3)25-21-19(22(28)31)26-23(32-21)29-13-8-11-17(29)20(30)24-15-16-9-6-5-7-10-16/h5-7,9-10,17H,4,8,11-15H2,1-3H3,(H,24,30)/t17-/m1/s1. The Kier molecular flexibility index (Phi) is 6.86. The van der Waals surface area contributed by atoms with E-state index < -0.39 is 0 Å². The fraction of sp³-hybridized carbons (Fsp3) is 0.478. The summed E-state index contributed by atoms with van der Waals surface area (Å²) in [6.07, 6.45) is 2.39. The van der Waals surface area contributed by atoms with E-state index in [1.807, 2.05) is 56.3 Å². The summed E-state index contributed by atoms with van der Waals surface area (Å²) in [5.74, 6) is 0.781. The molecule has 1 atom stereocenters. The van der Waals surface area contributed by atoms with Crippen molar-refractivity contribution < 1.29 is 4.79 Å². The van der Waals surface area contributed by atoms with Crippen molar-refractivity contribution in [2.45, 2.75) is 45.3 Å². The fourth-order valence-electron chi connectivity index (χ4n) is 4.07. The van der Waals surface area contributed by atoms with Crippen LogP contribution < -0.4 is 15.8 Å². The predicted octanol–water partition coefficient (Wildman–Crippen LogP) is 2.26. The molecule has 3 aromatic rings. The number of nitrogens with one attached hydrogen (secondary N) is 1. The summed E-state index contributed by atoms with van der Waals surface area (Å²) >= 11 is 1.41. The lowest BCUT2D eigenvalue weighted by atomic mass is 10.2. The van der Waals surface area contributed by atoms with Crippen molar-refractivity contribution in [3.63, 3.8) is 0 Å². The van der Waals surface area contributed by atoms with Gasteiger partial charge in [0, 0.05) is 32.6 Å². The molecule has 8 nitrogen and oxygen atoms in total. The van der Waals surface area contributed by atoms with Crippen LogP contribution in [0.1, 0.15) is 31.2 Å². The number of thiazole rings is 1. The van der Waals surface area contributed by atoms with Crippen LogP contribution in [0.4, 0.5) is 5.13 Å². The van der Waals surface area contributed by atoms with E-state index in [0.717, 1.165) is 37.3 Å². The molecule has 170 valence electrons. The Morgan fingerprint density at radius 3 is 2.75 bits per heavy atom. The molecule has 0 spiro atoms. The van der Waals surface area contributed by atoms with Gasteiger partial charge in [0.05, 0.1) is 0 Å². The number of aromatic nitrogens is 3. The first-order valence-electron chi connectivity index (χ1n) is 11.1. The number of hydrogen-bond donors (Lipinski definition) is 1. The van der Waals surface area contributed by atoms with Crippen molar-refractivity contribution >= 4 is 32.7 Å². The van der Waals surface area contributed by atoms with Crippen molar-refractivity contribution in [3.05, 3.63) is 52.1 Å². The zero-order valence-electron chi connectivity index (χ0n) is 18.9. The van der Waals surface area contributed by atoms with Gasteiger partial charge in [-0.05, 0) is 39.4 Å². The van der Waals surface area contributed by atoms with Gasteiger partial charge in [-0.2, -0.15) is 0 Å². The summed E-state index contributed by atoms with van der Waals surface area (Å²) in [5.41, 5.74) is 1.37. The van der Waals surface area contributed by atoms with Crippen LogP contribution in [0, 0.1) is 0 Å². The number of amides is 1. The highest BCUT2D eigenvalue weighted by molar-refractivity contribution is 7.21. The van der Waals surface area contributed by atoms with Gasteiger partial charge < -0.3 is 15.1 Å². The van der Waals surface area contributed by atoms with E-state index in [2.05, 4.69) is 15.2 Å². The fourth-order valence-corrected chi connectivity index (χ4v) is 5.10. The van der Waals surface area contributed by atoms with Crippen LogP contribution in [0.3, 0.4) is 0 Å². The highest BCUT2D eigenvalue weighted by Gasteiger charge is 2.33. The molecule has 0 saturated carbocycles. The molecule has 0 unspecified atom stereocenters. The van der Waals surface area contributed by atoms with Crippen LogP contribution in [0.2, 0.25) is 0 Å². The highest BCUT2D eigenvalue weighted by Crippen LogP contribution is 2.31. The summed E-state index contributed by atoms with van der Waals surface area (Å²) in [6.45, 7) is 4.58. The third kappa shape index (κ3) is 4.68. The number of benzene rings is 1. The number of likely N-dealkylation sites (N-methyl/N-ethyl adjacent to an activating group) is 1. The molecule has 3 heterocycles. The van der Waals surface area contributed by atoms with E-state index in [9.17, 15) is 9.59 Å². The van der Waals surface area contributed by atoms with Crippen molar-refractivity contribution in [1.82, 2.24) is 24.8 Å². The number of fused-ring (bicyclic) bond motifs is 1. The summed E-state index contributed by atoms with van der Waals surface area (Å²) in [7, 11) is 4.02. The van der Waals surface area contributed by atoms with Crippen LogP contribution in [0.15, 0.2) is 35.1 Å². The Hall–Kier alpha value is -2.78. The molecule has 32 heavy (non-hydrogen) atoms. The molecule has 4 rings (SSSR count). The second-order valence-corrected chi connectivity index (χ2v) is 9.29. The molecule has 0 radical (unpaired) electrons. The smallest absolute Gasteiger partial charge is 0.281 e. The van der Waals surface area contributed by atoms with E-state index in [1.165, 1.54) is 11.3 Å². The molecule has 1 aliphatic rings. The van der Waals surface area contributed by atoms with Crippen molar-refractivity contribution in [3.8, 4) is 0 Å². The average Bonchev–Trinajstić information content (AvgIpc) is 3.44. The number of hydrogen-bond acceptors (Lipinski definition) is 7. The second kappa shape index (κ2) is 9.79. The van der Waals surface area contributed by atoms with Crippen LogP contribution >= 0.6 is 11.3 Å². The topological polar surface area (TPSA) is 83.4 Å². The Balaban J connectivity index is 1.57. The molecule has 0 aliphatic carbocycles. The van der Waals surface area contributed by atoms with Crippen LogP contribution in [0.25, 0.3) is 10.3 Å². The Labute approximate surface area is 191 Å². The van der Waals surface area contributed by atoms with E-state index >= 15 is 0 Å². The van der Waals surface area contributed by atoms with Gasteiger partial charge in [-0.1, -0.05) is 41.7 Å². The number of carbonyl (C=O) groups is 1. The average molecular weight is 455 g/mol. The molecular formula is C23H30N6O2S. The van der Waals surface area contributed by atoms with Crippen LogP contribution in [-0.4, -0.2) is 58.6 Å². The van der Waals surface area contributed by atoms with Gasteiger partial charge in [-0.3, -0.25) is 14.2 Å². The summed E-state index contributed by atoms with van der Waals surface area (Å²) < 4.78 is 1.71. The van der Waals surface area contributed by atoms with Crippen LogP contribution in [0.5, 0.6) is 0 Å². The molecule has 1 N–H and O–H groups in total. The van der Waals surface area contributed by atoms with Crippen molar-refractivity contribution in [2.24, 2.45) is 0 Å². The minimum absolute atomic E-state index is 0.00351. The van der Waals surface area contributed by atoms with Gasteiger partial charge in [0.25, 0.3) is 5.56 Å². The number of rotatable bonds is 8. The van der Waals surface area contributed by atoms with Crippen molar-refractivity contribution in [2.75, 3.05) is 32.1 Å². The highest BCUT2D eigenvalue weighted by atomic mass is 32.1. The first-order chi connectivity index (χ1) is 15.5. The van der Waals surface area contributed by atoms with E-state index in [1.54, 1.807) is 4.57 Å². The molecule has 9 heteroatoms. The minimum atomic E-state index is -0.277. The van der Waals surface area contributed by atoms with Crippen LogP contribution in [-0.2, 0) is 24.3 Å². The van der Waals surface area contributed by atoms with Gasteiger partial charge >= 0.3 is 0 Å². The molecule has 1 amide bonds. The third-order valence-corrected chi connectivity index (χ3v) is 6.78. The predicted molar refractivity (Wildman–Crippen MR) is 128 cm³/mol. The first-order valence-corrected chi connectivity index (χ1v) is 11.9. The van der Waals surface area contributed by atoms with Gasteiger partial charge in [-0.15, -0.1) is 0 Å². The lowest BCUT2D eigenvalue weighted by molar-refractivity contribution is -0.122. The monoisotopic (exact) mass is 454 g/mol. The zero-order valence-corrected chi connectivity index (χ0v) is 19.7.